The number of phenols is 1. The topological polar surface area (TPSA) is 61.4 Å². The van der Waals surface area contributed by atoms with Gasteiger partial charge in [-0.15, -0.1) is 0 Å². The molecule has 4 heteroatoms. The largest absolute Gasteiger partial charge is 0.506 e. The molecule has 0 aromatic heterocycles. The van der Waals surface area contributed by atoms with Gasteiger partial charge in [0, 0.05) is 6.20 Å². The highest BCUT2D eigenvalue weighted by Crippen LogP contribution is 2.25. The maximum atomic E-state index is 11.6. The molecule has 102 valence electrons. The van der Waals surface area contributed by atoms with E-state index in [1.807, 2.05) is 19.1 Å². The van der Waals surface area contributed by atoms with Crippen LogP contribution in [0.25, 0.3) is 0 Å². The van der Waals surface area contributed by atoms with Crippen LogP contribution in [0, 0.1) is 12.8 Å². The summed E-state index contributed by atoms with van der Waals surface area (Å²) < 4.78 is 0. The molecule has 2 amide bonds. The van der Waals surface area contributed by atoms with Gasteiger partial charge in [-0.25, -0.2) is 4.79 Å². The molecule has 0 aliphatic heterocycles. The van der Waals surface area contributed by atoms with Gasteiger partial charge >= 0.3 is 6.03 Å². The molecule has 0 radical (unpaired) electrons. The molecule has 1 aromatic rings. The minimum Gasteiger partial charge on any atom is -0.506 e. The quantitative estimate of drug-likeness (QED) is 0.728. The second kappa shape index (κ2) is 6.27. The number of nitrogens with one attached hydrogen (secondary N) is 2. The number of carbonyl (C=O) groups excluding carboxylic acids is 1. The summed E-state index contributed by atoms with van der Waals surface area (Å²) in [6, 6.07) is 4.80. The molecule has 1 aliphatic carbocycles. The molecule has 0 spiro atoms. The normalized spacial score (nSPS) is 15.8. The van der Waals surface area contributed by atoms with E-state index in [4.69, 9.17) is 0 Å². The van der Waals surface area contributed by atoms with Gasteiger partial charge in [-0.05, 0) is 43.4 Å². The van der Waals surface area contributed by atoms with Gasteiger partial charge < -0.3 is 15.7 Å². The van der Waals surface area contributed by atoms with Crippen molar-refractivity contribution in [2.75, 3.05) is 5.32 Å². The van der Waals surface area contributed by atoms with Crippen molar-refractivity contribution in [3.05, 3.63) is 36.0 Å². The highest BCUT2D eigenvalue weighted by Gasteiger charge is 2.11. The van der Waals surface area contributed by atoms with Crippen molar-refractivity contribution in [1.29, 1.82) is 0 Å². The van der Waals surface area contributed by atoms with Crippen molar-refractivity contribution in [1.82, 2.24) is 5.32 Å². The third-order valence-corrected chi connectivity index (χ3v) is 3.38. The minimum absolute atomic E-state index is 0.0786. The van der Waals surface area contributed by atoms with E-state index in [0.29, 0.717) is 11.6 Å². The lowest BCUT2D eigenvalue weighted by atomic mass is 10.1. The Labute approximate surface area is 113 Å². The average molecular weight is 260 g/mol. The average Bonchev–Trinajstić information content (AvgIpc) is 2.86. The Kier molecular flexibility index (Phi) is 4.44. The van der Waals surface area contributed by atoms with Gasteiger partial charge in [0.1, 0.15) is 5.75 Å². The van der Waals surface area contributed by atoms with E-state index in [1.54, 1.807) is 18.3 Å². The van der Waals surface area contributed by atoms with Crippen molar-refractivity contribution in [2.24, 2.45) is 5.92 Å². The molecule has 0 heterocycles. The number of carbonyl (C=O) groups is 1. The predicted molar refractivity (Wildman–Crippen MR) is 76.1 cm³/mol. The van der Waals surface area contributed by atoms with Gasteiger partial charge in [0.05, 0.1) is 5.69 Å². The Morgan fingerprint density at radius 3 is 2.79 bits per heavy atom. The van der Waals surface area contributed by atoms with E-state index in [0.717, 1.165) is 5.56 Å². The van der Waals surface area contributed by atoms with Crippen LogP contribution in [0.5, 0.6) is 5.75 Å². The molecule has 0 atom stereocenters. The van der Waals surface area contributed by atoms with Crippen molar-refractivity contribution >= 4 is 11.7 Å². The second-order valence-corrected chi connectivity index (χ2v) is 5.02. The number of phenolic OH excluding ortho intramolecular Hbond substituents is 1. The first-order valence-corrected chi connectivity index (χ1v) is 6.69. The highest BCUT2D eigenvalue weighted by atomic mass is 16.3. The fourth-order valence-corrected chi connectivity index (χ4v) is 2.32. The van der Waals surface area contributed by atoms with E-state index in [-0.39, 0.29) is 11.8 Å². The summed E-state index contributed by atoms with van der Waals surface area (Å²) in [6.45, 7) is 1.88. The summed E-state index contributed by atoms with van der Waals surface area (Å²) in [5.41, 5.74) is 1.36. The first-order chi connectivity index (χ1) is 9.15. The highest BCUT2D eigenvalue weighted by molar-refractivity contribution is 5.91. The summed E-state index contributed by atoms with van der Waals surface area (Å²) >= 11 is 0. The van der Waals surface area contributed by atoms with Crippen LogP contribution in [-0.2, 0) is 0 Å². The van der Waals surface area contributed by atoms with Crippen LogP contribution in [0.15, 0.2) is 30.5 Å². The molecule has 4 nitrogen and oxygen atoms in total. The summed E-state index contributed by atoms with van der Waals surface area (Å²) in [5, 5.41) is 14.9. The van der Waals surface area contributed by atoms with Gasteiger partial charge in [-0.3, -0.25) is 0 Å². The number of hydrogen-bond acceptors (Lipinski definition) is 2. The number of anilines is 1. The summed E-state index contributed by atoms with van der Waals surface area (Å²) in [7, 11) is 0. The number of amides is 2. The maximum absolute atomic E-state index is 11.6. The lowest BCUT2D eigenvalue weighted by Gasteiger charge is -2.07. The van der Waals surface area contributed by atoms with Gasteiger partial charge in [0.25, 0.3) is 0 Å². The van der Waals surface area contributed by atoms with Crippen LogP contribution in [0.4, 0.5) is 10.5 Å². The Hall–Kier alpha value is -1.97. The van der Waals surface area contributed by atoms with E-state index in [1.165, 1.54) is 25.7 Å². The zero-order valence-electron chi connectivity index (χ0n) is 11.1. The van der Waals surface area contributed by atoms with Crippen LogP contribution in [0.3, 0.4) is 0 Å². The zero-order valence-corrected chi connectivity index (χ0v) is 11.1. The van der Waals surface area contributed by atoms with Gasteiger partial charge in [-0.2, -0.15) is 0 Å². The Morgan fingerprint density at radius 1 is 1.37 bits per heavy atom. The molecular weight excluding hydrogens is 240 g/mol. The van der Waals surface area contributed by atoms with E-state index in [2.05, 4.69) is 10.6 Å². The molecule has 0 unspecified atom stereocenters. The van der Waals surface area contributed by atoms with Crippen molar-refractivity contribution in [2.45, 2.75) is 32.6 Å². The predicted octanol–water partition coefficient (Wildman–Crippen LogP) is 3.53. The number of aryl methyl sites for hydroxylation is 1. The van der Waals surface area contributed by atoms with Crippen molar-refractivity contribution in [3.63, 3.8) is 0 Å². The molecule has 1 saturated carbocycles. The third-order valence-electron chi connectivity index (χ3n) is 3.38. The summed E-state index contributed by atoms with van der Waals surface area (Å²) in [4.78, 5) is 11.6. The smallest absolute Gasteiger partial charge is 0.323 e. The van der Waals surface area contributed by atoms with Crippen molar-refractivity contribution in [3.8, 4) is 5.75 Å². The van der Waals surface area contributed by atoms with E-state index >= 15 is 0 Å². The molecular formula is C15H20N2O2. The lowest BCUT2D eigenvalue weighted by molar-refractivity contribution is 0.255. The van der Waals surface area contributed by atoms with Crippen LogP contribution < -0.4 is 10.6 Å². The minimum atomic E-state index is -0.339. The molecule has 1 aliphatic rings. The maximum Gasteiger partial charge on any atom is 0.323 e. The molecule has 2 rings (SSSR count). The Morgan fingerprint density at radius 2 is 2.11 bits per heavy atom. The first-order valence-electron chi connectivity index (χ1n) is 6.69. The fraction of sp³-hybridized carbons (Fsp3) is 0.400. The number of benzene rings is 1. The summed E-state index contributed by atoms with van der Waals surface area (Å²) in [6.07, 6.45) is 8.70. The van der Waals surface area contributed by atoms with Crippen LogP contribution in [0.1, 0.15) is 31.2 Å². The van der Waals surface area contributed by atoms with Gasteiger partial charge in [-0.1, -0.05) is 25.0 Å². The van der Waals surface area contributed by atoms with Gasteiger partial charge in [0.2, 0.25) is 0 Å². The third kappa shape index (κ3) is 4.02. The molecule has 1 fully saturated rings. The SMILES string of the molecule is Cc1ccc(NC(=O)N/C=C/C2CCCC2)c(O)c1. The van der Waals surface area contributed by atoms with Gasteiger partial charge in [0.15, 0.2) is 0 Å². The molecule has 0 bridgehead atoms. The summed E-state index contributed by atoms with van der Waals surface area (Å²) in [5.74, 6) is 0.669. The van der Waals surface area contributed by atoms with E-state index < -0.39 is 0 Å². The number of aromatic hydroxyl groups is 1. The Bertz CT molecular complexity index is 477. The van der Waals surface area contributed by atoms with E-state index in [9.17, 15) is 9.90 Å². The monoisotopic (exact) mass is 260 g/mol. The van der Waals surface area contributed by atoms with Crippen molar-refractivity contribution < 1.29 is 9.90 Å². The molecule has 19 heavy (non-hydrogen) atoms. The standard InChI is InChI=1S/C15H20N2O2/c1-11-6-7-13(14(18)10-11)17-15(19)16-9-8-12-4-2-3-5-12/h6-10,12,18H,2-5H2,1H3,(H2,16,17,19)/b9-8+. The number of hydrogen-bond donors (Lipinski definition) is 3. The molecule has 1 aromatic carbocycles. The first kappa shape index (κ1) is 13.5. The number of allylic oxidation sites excluding steroid dienone is 1. The zero-order chi connectivity index (χ0) is 13.7. The molecule has 3 N–H and O–H groups in total. The second-order valence-electron chi connectivity index (χ2n) is 5.02. The molecule has 0 saturated heterocycles. The Balaban J connectivity index is 1.83. The number of rotatable bonds is 3. The van der Waals surface area contributed by atoms with Crippen LogP contribution in [-0.4, -0.2) is 11.1 Å². The fourth-order valence-electron chi connectivity index (χ4n) is 2.32. The van der Waals surface area contributed by atoms with Crippen LogP contribution >= 0.6 is 0 Å². The van der Waals surface area contributed by atoms with Crippen LogP contribution in [0.2, 0.25) is 0 Å². The lowest BCUT2D eigenvalue weighted by Crippen LogP contribution is -2.24. The number of urea groups is 1.